The van der Waals surface area contributed by atoms with Crippen molar-refractivity contribution < 1.29 is 19.1 Å². The first-order valence-electron chi connectivity index (χ1n) is 9.10. The van der Waals surface area contributed by atoms with E-state index in [1.165, 1.54) is 12.8 Å². The van der Waals surface area contributed by atoms with Gasteiger partial charge in [0.15, 0.2) is 0 Å². The van der Waals surface area contributed by atoms with Crippen LogP contribution in [0.4, 0.5) is 0 Å². The Morgan fingerprint density at radius 1 is 0.636 bits per heavy atom. The van der Waals surface area contributed by atoms with E-state index >= 15 is 0 Å². The van der Waals surface area contributed by atoms with Gasteiger partial charge in [-0.05, 0) is 38.5 Å². The molecule has 126 valence electrons. The molecular weight excluding hydrogens is 280 g/mol. The van der Waals surface area contributed by atoms with Crippen molar-refractivity contribution in [1.82, 2.24) is 0 Å². The average Bonchev–Trinajstić information content (AvgIpc) is 2.59. The van der Waals surface area contributed by atoms with Crippen molar-refractivity contribution in [2.24, 2.45) is 11.8 Å². The summed E-state index contributed by atoms with van der Waals surface area (Å²) >= 11 is 0. The van der Waals surface area contributed by atoms with E-state index in [9.17, 15) is 9.59 Å². The second-order valence-electron chi connectivity index (χ2n) is 6.71. The lowest BCUT2D eigenvalue weighted by molar-refractivity contribution is -0.152. The van der Waals surface area contributed by atoms with E-state index in [-0.39, 0.29) is 23.8 Å². The van der Waals surface area contributed by atoms with Gasteiger partial charge in [-0.1, -0.05) is 38.5 Å². The van der Waals surface area contributed by atoms with Crippen molar-refractivity contribution >= 4 is 11.9 Å². The molecule has 2 aliphatic carbocycles. The van der Waals surface area contributed by atoms with Gasteiger partial charge < -0.3 is 9.47 Å². The lowest BCUT2D eigenvalue weighted by Crippen LogP contribution is -2.21. The molecule has 4 heteroatoms. The maximum Gasteiger partial charge on any atom is 0.308 e. The first kappa shape index (κ1) is 17.3. The first-order chi connectivity index (χ1) is 10.8. The minimum absolute atomic E-state index is 0.0288. The van der Waals surface area contributed by atoms with Gasteiger partial charge in [0.25, 0.3) is 0 Å². The van der Waals surface area contributed by atoms with Gasteiger partial charge in [-0.3, -0.25) is 9.59 Å². The van der Waals surface area contributed by atoms with Gasteiger partial charge in [-0.15, -0.1) is 0 Å². The van der Waals surface area contributed by atoms with Crippen LogP contribution in [0.5, 0.6) is 0 Å². The smallest absolute Gasteiger partial charge is 0.308 e. The summed E-state index contributed by atoms with van der Waals surface area (Å²) in [6.45, 7) is 0.909. The average molecular weight is 310 g/mol. The predicted molar refractivity (Wildman–Crippen MR) is 84.3 cm³/mol. The molecule has 0 amide bonds. The van der Waals surface area contributed by atoms with Gasteiger partial charge in [0.05, 0.1) is 25.0 Å². The summed E-state index contributed by atoms with van der Waals surface area (Å²) in [4.78, 5) is 23.7. The van der Waals surface area contributed by atoms with Gasteiger partial charge in [-0.25, -0.2) is 0 Å². The van der Waals surface area contributed by atoms with E-state index in [0.29, 0.717) is 13.2 Å². The topological polar surface area (TPSA) is 52.6 Å². The van der Waals surface area contributed by atoms with E-state index in [4.69, 9.17) is 9.47 Å². The minimum atomic E-state index is -0.0288. The third-order valence-corrected chi connectivity index (χ3v) is 4.90. The van der Waals surface area contributed by atoms with Crippen molar-refractivity contribution in [3.05, 3.63) is 0 Å². The maximum atomic E-state index is 11.8. The van der Waals surface area contributed by atoms with Gasteiger partial charge in [0.1, 0.15) is 0 Å². The van der Waals surface area contributed by atoms with Crippen LogP contribution in [0.2, 0.25) is 0 Å². The van der Waals surface area contributed by atoms with E-state index < -0.39 is 0 Å². The fraction of sp³-hybridized carbons (Fsp3) is 0.889. The molecule has 2 fully saturated rings. The van der Waals surface area contributed by atoms with Crippen LogP contribution in [0.1, 0.15) is 77.0 Å². The van der Waals surface area contributed by atoms with E-state index in [1.54, 1.807) is 0 Å². The highest BCUT2D eigenvalue weighted by molar-refractivity contribution is 5.72. The molecule has 0 heterocycles. The Kier molecular flexibility index (Phi) is 7.75. The Bertz CT molecular complexity index is 307. The molecule has 0 N–H and O–H groups in total. The van der Waals surface area contributed by atoms with Crippen LogP contribution in [0.25, 0.3) is 0 Å². The molecule has 0 aromatic carbocycles. The van der Waals surface area contributed by atoms with Crippen molar-refractivity contribution in [3.63, 3.8) is 0 Å². The fourth-order valence-corrected chi connectivity index (χ4v) is 3.46. The quantitative estimate of drug-likeness (QED) is 0.526. The molecule has 0 unspecified atom stereocenters. The van der Waals surface area contributed by atoms with Crippen LogP contribution in [-0.4, -0.2) is 25.2 Å². The highest BCUT2D eigenvalue weighted by Gasteiger charge is 2.23. The van der Waals surface area contributed by atoms with Gasteiger partial charge in [0.2, 0.25) is 0 Å². The maximum absolute atomic E-state index is 11.8. The Labute approximate surface area is 133 Å². The molecule has 0 saturated heterocycles. The molecule has 0 spiro atoms. The minimum Gasteiger partial charge on any atom is -0.465 e. The van der Waals surface area contributed by atoms with Crippen molar-refractivity contribution in [1.29, 1.82) is 0 Å². The van der Waals surface area contributed by atoms with E-state index in [0.717, 1.165) is 64.2 Å². The van der Waals surface area contributed by atoms with Crippen LogP contribution in [0.15, 0.2) is 0 Å². The summed E-state index contributed by atoms with van der Waals surface area (Å²) in [7, 11) is 0. The number of hydrogen-bond donors (Lipinski definition) is 0. The Balaban J connectivity index is 1.46. The van der Waals surface area contributed by atoms with Crippen molar-refractivity contribution in [2.75, 3.05) is 13.2 Å². The molecule has 0 aromatic rings. The molecule has 2 rings (SSSR count). The van der Waals surface area contributed by atoms with Crippen LogP contribution in [0.3, 0.4) is 0 Å². The van der Waals surface area contributed by atoms with E-state index in [1.807, 2.05) is 0 Å². The first-order valence-corrected chi connectivity index (χ1v) is 9.10. The SMILES string of the molecule is O=C(OCCCCOC(=O)C1CCCCC1)C1CCCCC1. The van der Waals surface area contributed by atoms with Crippen molar-refractivity contribution in [2.45, 2.75) is 77.0 Å². The second kappa shape index (κ2) is 9.86. The molecule has 0 bridgehead atoms. The predicted octanol–water partition coefficient (Wildman–Crippen LogP) is 4.01. The number of unbranched alkanes of at least 4 members (excludes halogenated alkanes) is 1. The van der Waals surface area contributed by atoms with Crippen LogP contribution < -0.4 is 0 Å². The molecule has 0 radical (unpaired) electrons. The van der Waals surface area contributed by atoms with Crippen LogP contribution in [0, 0.1) is 11.8 Å². The van der Waals surface area contributed by atoms with Gasteiger partial charge in [-0.2, -0.15) is 0 Å². The summed E-state index contributed by atoms with van der Waals surface area (Å²) in [5.74, 6) is 0.188. The zero-order valence-electron chi connectivity index (χ0n) is 13.7. The summed E-state index contributed by atoms with van der Waals surface area (Å²) < 4.78 is 10.7. The summed E-state index contributed by atoms with van der Waals surface area (Å²) in [6, 6.07) is 0. The Morgan fingerprint density at radius 3 is 1.36 bits per heavy atom. The highest BCUT2D eigenvalue weighted by atomic mass is 16.5. The lowest BCUT2D eigenvalue weighted by atomic mass is 9.89. The number of rotatable bonds is 7. The molecule has 0 aliphatic heterocycles. The summed E-state index contributed by atoms with van der Waals surface area (Å²) in [6.07, 6.45) is 12.6. The third kappa shape index (κ3) is 5.98. The van der Waals surface area contributed by atoms with E-state index in [2.05, 4.69) is 0 Å². The number of esters is 2. The number of ether oxygens (including phenoxy) is 2. The fourth-order valence-electron chi connectivity index (χ4n) is 3.46. The zero-order valence-corrected chi connectivity index (χ0v) is 13.7. The Hall–Kier alpha value is -1.06. The van der Waals surface area contributed by atoms with Crippen molar-refractivity contribution in [3.8, 4) is 0 Å². The summed E-state index contributed by atoms with van der Waals surface area (Å²) in [5, 5.41) is 0. The number of carbonyl (C=O) groups is 2. The lowest BCUT2D eigenvalue weighted by Gasteiger charge is -2.20. The largest absolute Gasteiger partial charge is 0.465 e. The monoisotopic (exact) mass is 310 g/mol. The molecule has 2 saturated carbocycles. The van der Waals surface area contributed by atoms with Gasteiger partial charge >= 0.3 is 11.9 Å². The molecule has 22 heavy (non-hydrogen) atoms. The standard InChI is InChI=1S/C18H30O4/c19-17(15-9-3-1-4-10-15)21-13-7-8-14-22-18(20)16-11-5-2-6-12-16/h15-16H,1-14H2. The third-order valence-electron chi connectivity index (χ3n) is 4.90. The number of carbonyl (C=O) groups excluding carboxylic acids is 2. The number of hydrogen-bond acceptors (Lipinski definition) is 4. The van der Waals surface area contributed by atoms with Crippen LogP contribution >= 0.6 is 0 Å². The molecule has 0 atom stereocenters. The molecule has 0 aromatic heterocycles. The van der Waals surface area contributed by atoms with Gasteiger partial charge in [0, 0.05) is 0 Å². The molecule has 2 aliphatic rings. The van der Waals surface area contributed by atoms with Crippen LogP contribution in [-0.2, 0) is 19.1 Å². The zero-order chi connectivity index (χ0) is 15.6. The summed E-state index contributed by atoms with van der Waals surface area (Å²) in [5.41, 5.74) is 0. The molecule has 4 nitrogen and oxygen atoms in total. The normalized spacial score (nSPS) is 20.5. The molecular formula is C18H30O4. The second-order valence-corrected chi connectivity index (χ2v) is 6.71. The Morgan fingerprint density at radius 2 is 1.00 bits per heavy atom. The highest BCUT2D eigenvalue weighted by Crippen LogP contribution is 2.25.